The van der Waals surface area contributed by atoms with Crippen molar-refractivity contribution in [3.63, 3.8) is 0 Å². The quantitative estimate of drug-likeness (QED) is 0.716. The summed E-state index contributed by atoms with van der Waals surface area (Å²) in [5.74, 6) is 0.355. The maximum atomic E-state index is 14.5. The van der Waals surface area contributed by atoms with Gasteiger partial charge in [-0.25, -0.2) is 14.2 Å². The number of carbonyl (C=O) groups is 1. The first-order valence-corrected chi connectivity index (χ1v) is 9.79. The molecule has 0 radical (unpaired) electrons. The Kier molecular flexibility index (Phi) is 5.14. The van der Waals surface area contributed by atoms with E-state index in [1.807, 2.05) is 0 Å². The highest BCUT2D eigenvalue weighted by atomic mass is 79.9. The molecular formula is C17H20BrFN2O3S. The number of thioether (sulfide) groups is 1. The number of halogens is 2. The number of nitrogens with zero attached hydrogens (tertiary/aromatic N) is 1. The minimum Gasteiger partial charge on any atom is -0.444 e. The first kappa shape index (κ1) is 18.7. The maximum absolute atomic E-state index is 14.5. The number of hydrogen-bond donors (Lipinski definition) is 1. The molecule has 0 saturated carbocycles. The van der Waals surface area contributed by atoms with E-state index in [9.17, 15) is 9.18 Å². The van der Waals surface area contributed by atoms with Crippen LogP contribution in [-0.2, 0) is 15.2 Å². The van der Waals surface area contributed by atoms with E-state index in [-0.39, 0.29) is 11.7 Å². The molecule has 0 aromatic heterocycles. The van der Waals surface area contributed by atoms with Crippen molar-refractivity contribution in [2.45, 2.75) is 38.5 Å². The Bertz CT molecular complexity index is 722. The van der Waals surface area contributed by atoms with Crippen molar-refractivity contribution in [2.24, 2.45) is 10.9 Å². The van der Waals surface area contributed by atoms with Crippen LogP contribution in [0, 0.1) is 11.7 Å². The Morgan fingerprint density at radius 2 is 2.28 bits per heavy atom. The third kappa shape index (κ3) is 4.01. The zero-order valence-electron chi connectivity index (χ0n) is 14.3. The number of amidine groups is 1. The average Bonchev–Trinajstić information content (AvgIpc) is 2.91. The molecule has 1 saturated heterocycles. The van der Waals surface area contributed by atoms with Crippen molar-refractivity contribution in [1.82, 2.24) is 5.32 Å². The van der Waals surface area contributed by atoms with Crippen molar-refractivity contribution in [1.29, 1.82) is 0 Å². The summed E-state index contributed by atoms with van der Waals surface area (Å²) >= 11 is 4.80. The topological polar surface area (TPSA) is 59.9 Å². The van der Waals surface area contributed by atoms with Crippen molar-refractivity contribution >= 4 is 39.0 Å². The normalized spacial score (nSPS) is 26.0. The molecule has 0 spiro atoms. The number of amides is 1. The Hall–Kier alpha value is -1.12. The summed E-state index contributed by atoms with van der Waals surface area (Å²) in [5.41, 5.74) is -1.33. The molecule has 1 aromatic carbocycles. The molecule has 25 heavy (non-hydrogen) atoms. The van der Waals surface area contributed by atoms with Gasteiger partial charge < -0.3 is 9.47 Å². The fraction of sp³-hybridized carbons (Fsp3) is 0.529. The molecule has 8 heteroatoms. The van der Waals surface area contributed by atoms with Crippen LogP contribution >= 0.6 is 27.7 Å². The lowest BCUT2D eigenvalue weighted by Crippen LogP contribution is -2.42. The fourth-order valence-electron chi connectivity index (χ4n) is 2.94. The van der Waals surface area contributed by atoms with Crippen LogP contribution in [0.25, 0.3) is 0 Å². The van der Waals surface area contributed by atoms with Crippen LogP contribution in [0.15, 0.2) is 27.7 Å². The van der Waals surface area contributed by atoms with Crippen LogP contribution in [0.5, 0.6) is 0 Å². The van der Waals surface area contributed by atoms with E-state index in [4.69, 9.17) is 9.47 Å². The van der Waals surface area contributed by atoms with Gasteiger partial charge in [0.25, 0.3) is 0 Å². The van der Waals surface area contributed by atoms with Crippen LogP contribution in [0.1, 0.15) is 32.8 Å². The Morgan fingerprint density at radius 1 is 1.52 bits per heavy atom. The van der Waals surface area contributed by atoms with Gasteiger partial charge in [0.2, 0.25) is 0 Å². The van der Waals surface area contributed by atoms with Crippen molar-refractivity contribution < 1.29 is 18.7 Å². The summed E-state index contributed by atoms with van der Waals surface area (Å²) in [6.45, 7) is 5.87. The number of nitrogens with one attached hydrogen (secondary N) is 1. The van der Waals surface area contributed by atoms with Gasteiger partial charge in [0.05, 0.1) is 6.61 Å². The van der Waals surface area contributed by atoms with Gasteiger partial charge in [-0.3, -0.25) is 5.32 Å². The van der Waals surface area contributed by atoms with Crippen LogP contribution < -0.4 is 5.32 Å². The van der Waals surface area contributed by atoms with E-state index < -0.39 is 17.4 Å². The molecule has 2 aliphatic heterocycles. The predicted octanol–water partition coefficient (Wildman–Crippen LogP) is 4.41. The van der Waals surface area contributed by atoms with Gasteiger partial charge in [-0.05, 0) is 45.4 Å². The van der Waals surface area contributed by atoms with Gasteiger partial charge in [-0.2, -0.15) is 0 Å². The van der Waals surface area contributed by atoms with Crippen LogP contribution in [0.3, 0.4) is 0 Å². The third-order valence-electron chi connectivity index (χ3n) is 3.95. The number of alkyl carbamates (subject to hydrolysis) is 1. The molecule has 1 amide bonds. The van der Waals surface area contributed by atoms with Crippen molar-refractivity contribution in [3.05, 3.63) is 34.1 Å². The number of hydrogen-bond acceptors (Lipinski definition) is 5. The Labute approximate surface area is 158 Å². The zero-order valence-corrected chi connectivity index (χ0v) is 16.7. The number of aliphatic imine (C=N–C) groups is 1. The molecule has 2 unspecified atom stereocenters. The lowest BCUT2D eigenvalue weighted by atomic mass is 9.90. The highest BCUT2D eigenvalue weighted by Crippen LogP contribution is 2.48. The minimum atomic E-state index is -1.11. The highest BCUT2D eigenvalue weighted by molar-refractivity contribution is 9.10. The number of benzene rings is 1. The van der Waals surface area contributed by atoms with E-state index in [0.717, 1.165) is 10.9 Å². The summed E-state index contributed by atoms with van der Waals surface area (Å²) in [4.78, 5) is 16.6. The summed E-state index contributed by atoms with van der Waals surface area (Å²) in [7, 11) is 0. The molecule has 1 fully saturated rings. The fourth-order valence-corrected chi connectivity index (χ4v) is 4.41. The summed E-state index contributed by atoms with van der Waals surface area (Å²) in [5, 5.41) is 3.04. The largest absolute Gasteiger partial charge is 0.444 e. The predicted molar refractivity (Wildman–Crippen MR) is 99.1 cm³/mol. The smallest absolute Gasteiger partial charge is 0.413 e. The molecule has 5 nitrogen and oxygen atoms in total. The van der Waals surface area contributed by atoms with Gasteiger partial charge in [-0.15, -0.1) is 0 Å². The molecule has 136 valence electrons. The number of ether oxygens (including phenoxy) is 2. The molecule has 0 bridgehead atoms. The monoisotopic (exact) mass is 430 g/mol. The highest BCUT2D eigenvalue weighted by Gasteiger charge is 2.50. The first-order valence-electron chi connectivity index (χ1n) is 8.02. The van der Waals surface area contributed by atoms with E-state index >= 15 is 0 Å². The standard InChI is InChI=1S/C17H20BrFN2O3S/c1-16(2,3)24-15(22)20-14-21-17(10(9-25-14)6-7-23-17)12-8-11(18)4-5-13(12)19/h4-5,8,10H,6-7,9H2,1-3H3,(H,20,21,22). The Morgan fingerprint density at radius 3 is 3.00 bits per heavy atom. The van der Waals surface area contributed by atoms with Gasteiger partial charge >= 0.3 is 6.09 Å². The number of rotatable bonds is 1. The minimum absolute atomic E-state index is 0.0467. The van der Waals surface area contributed by atoms with Gasteiger partial charge in [-0.1, -0.05) is 27.7 Å². The van der Waals surface area contributed by atoms with Crippen LogP contribution in [-0.4, -0.2) is 29.2 Å². The van der Waals surface area contributed by atoms with Crippen LogP contribution in [0.2, 0.25) is 0 Å². The third-order valence-corrected chi connectivity index (χ3v) is 5.48. The first-order chi connectivity index (χ1) is 11.7. The molecule has 0 aliphatic carbocycles. The zero-order chi connectivity index (χ0) is 18.2. The SMILES string of the molecule is CC(C)(C)OC(=O)NC1=NC2(c3cc(Br)ccc3F)OCCC2CS1. The van der Waals surface area contributed by atoms with Gasteiger partial charge in [0.1, 0.15) is 11.4 Å². The van der Waals surface area contributed by atoms with Gasteiger partial charge in [0, 0.05) is 21.7 Å². The van der Waals surface area contributed by atoms with Crippen molar-refractivity contribution in [3.8, 4) is 0 Å². The van der Waals surface area contributed by atoms with E-state index in [1.165, 1.54) is 17.8 Å². The van der Waals surface area contributed by atoms with E-state index in [2.05, 4.69) is 26.2 Å². The molecule has 1 aromatic rings. The average molecular weight is 431 g/mol. The second kappa shape index (κ2) is 6.89. The van der Waals surface area contributed by atoms with Crippen molar-refractivity contribution in [2.75, 3.05) is 12.4 Å². The molecule has 3 rings (SSSR count). The number of carbonyl (C=O) groups excluding carboxylic acids is 1. The van der Waals surface area contributed by atoms with E-state index in [1.54, 1.807) is 32.9 Å². The Balaban J connectivity index is 1.93. The summed E-state index contributed by atoms with van der Waals surface area (Å²) < 4.78 is 26.5. The molecule has 2 aliphatic rings. The second-order valence-corrected chi connectivity index (χ2v) is 8.93. The molecule has 2 heterocycles. The lowest BCUT2D eigenvalue weighted by Gasteiger charge is -2.35. The van der Waals surface area contributed by atoms with E-state index in [0.29, 0.717) is 23.1 Å². The molecule has 1 N–H and O–H groups in total. The summed E-state index contributed by atoms with van der Waals surface area (Å²) in [6, 6.07) is 4.73. The molecular weight excluding hydrogens is 411 g/mol. The van der Waals surface area contributed by atoms with Gasteiger partial charge in [0.15, 0.2) is 10.9 Å². The summed E-state index contributed by atoms with van der Waals surface area (Å²) in [6.07, 6.45) is 0.211. The lowest BCUT2D eigenvalue weighted by molar-refractivity contribution is -0.0174. The van der Waals surface area contributed by atoms with Crippen LogP contribution in [0.4, 0.5) is 9.18 Å². The second-order valence-electron chi connectivity index (χ2n) is 7.01. The molecule has 2 atom stereocenters. The maximum Gasteiger partial charge on any atom is 0.413 e. The number of fused-ring (bicyclic) bond motifs is 1.